The second-order valence-electron chi connectivity index (χ2n) is 6.13. The molecule has 1 unspecified atom stereocenters. The normalized spacial score (nSPS) is 25.3. The summed E-state index contributed by atoms with van der Waals surface area (Å²) in [4.78, 5) is 27.6. The Morgan fingerprint density at radius 3 is 2.55 bits per heavy atom. The van der Waals surface area contributed by atoms with Gasteiger partial charge in [0.25, 0.3) is 5.79 Å². The van der Waals surface area contributed by atoms with Crippen molar-refractivity contribution in [2.75, 3.05) is 20.1 Å². The molecule has 4 rings (SSSR count). The van der Waals surface area contributed by atoms with Gasteiger partial charge >= 0.3 is 0 Å². The molecule has 6 nitrogen and oxygen atoms in total. The van der Waals surface area contributed by atoms with Crippen LogP contribution in [0.5, 0.6) is 11.5 Å². The van der Waals surface area contributed by atoms with Crippen molar-refractivity contribution in [2.24, 2.45) is 0 Å². The lowest BCUT2D eigenvalue weighted by atomic mass is 10.2. The van der Waals surface area contributed by atoms with E-state index in [4.69, 9.17) is 9.47 Å². The molecular weight excluding hydrogens is 284 g/mol. The average molecular weight is 302 g/mol. The fraction of sp³-hybridized carbons (Fsp3) is 0.500. The fourth-order valence-corrected chi connectivity index (χ4v) is 3.45. The van der Waals surface area contributed by atoms with Gasteiger partial charge in [-0.3, -0.25) is 9.59 Å². The summed E-state index contributed by atoms with van der Waals surface area (Å²) in [5.41, 5.74) is 0. The Hall–Kier alpha value is -2.24. The lowest BCUT2D eigenvalue weighted by Gasteiger charge is -2.26. The maximum atomic E-state index is 12.6. The van der Waals surface area contributed by atoms with Gasteiger partial charge in [0.1, 0.15) is 6.04 Å². The number of amides is 2. The smallest absolute Gasteiger partial charge is 0.270 e. The van der Waals surface area contributed by atoms with Crippen LogP contribution in [0.25, 0.3) is 0 Å². The summed E-state index contributed by atoms with van der Waals surface area (Å²) in [5.74, 6) is 0.719. The second kappa shape index (κ2) is 4.63. The van der Waals surface area contributed by atoms with Gasteiger partial charge in [0, 0.05) is 26.4 Å². The van der Waals surface area contributed by atoms with Crippen LogP contribution in [0.3, 0.4) is 0 Å². The molecule has 0 N–H and O–H groups in total. The highest BCUT2D eigenvalue weighted by Gasteiger charge is 2.50. The van der Waals surface area contributed by atoms with E-state index >= 15 is 0 Å². The molecule has 22 heavy (non-hydrogen) atoms. The molecular formula is C16H18N2O4. The molecule has 1 spiro atoms. The summed E-state index contributed by atoms with van der Waals surface area (Å²) in [6.45, 7) is 0.990. The summed E-state index contributed by atoms with van der Waals surface area (Å²) < 4.78 is 11.9. The van der Waals surface area contributed by atoms with E-state index < -0.39 is 5.79 Å². The van der Waals surface area contributed by atoms with E-state index in [1.165, 1.54) is 0 Å². The lowest BCUT2D eigenvalue weighted by molar-refractivity contribution is -0.141. The van der Waals surface area contributed by atoms with Gasteiger partial charge in [-0.1, -0.05) is 12.1 Å². The highest BCUT2D eigenvalue weighted by Crippen LogP contribution is 2.43. The Morgan fingerprint density at radius 2 is 1.95 bits per heavy atom. The fourth-order valence-electron chi connectivity index (χ4n) is 3.45. The van der Waals surface area contributed by atoms with Crippen LogP contribution >= 0.6 is 0 Å². The van der Waals surface area contributed by atoms with Crippen LogP contribution in [0.2, 0.25) is 0 Å². The zero-order valence-corrected chi connectivity index (χ0v) is 12.4. The number of benzene rings is 1. The minimum atomic E-state index is -0.763. The minimum absolute atomic E-state index is 0.00613. The Balaban J connectivity index is 1.48. The maximum Gasteiger partial charge on any atom is 0.270 e. The Kier molecular flexibility index (Phi) is 2.82. The lowest BCUT2D eigenvalue weighted by Crippen LogP contribution is -2.47. The van der Waals surface area contributed by atoms with Crippen LogP contribution in [0.1, 0.15) is 19.3 Å². The van der Waals surface area contributed by atoms with E-state index in [0.717, 1.165) is 11.5 Å². The first-order valence-electron chi connectivity index (χ1n) is 7.59. The molecule has 116 valence electrons. The van der Waals surface area contributed by atoms with Crippen molar-refractivity contribution in [3.8, 4) is 11.5 Å². The van der Waals surface area contributed by atoms with Crippen LogP contribution in [0.15, 0.2) is 24.3 Å². The number of likely N-dealkylation sites (N-methyl/N-ethyl adjacent to an activating group) is 1. The molecule has 0 bridgehead atoms. The molecule has 2 saturated heterocycles. The Morgan fingerprint density at radius 1 is 1.27 bits per heavy atom. The number of nitrogens with zero attached hydrogens (tertiary/aromatic N) is 2. The highest BCUT2D eigenvalue weighted by molar-refractivity contribution is 5.90. The first-order chi connectivity index (χ1) is 10.6. The first kappa shape index (κ1) is 13.4. The zero-order valence-electron chi connectivity index (χ0n) is 12.4. The minimum Gasteiger partial charge on any atom is -0.447 e. The van der Waals surface area contributed by atoms with Gasteiger partial charge in [-0.2, -0.15) is 0 Å². The van der Waals surface area contributed by atoms with Gasteiger partial charge in [0.15, 0.2) is 11.5 Å². The number of rotatable bonds is 1. The molecule has 3 aliphatic rings. The topological polar surface area (TPSA) is 59.1 Å². The summed E-state index contributed by atoms with van der Waals surface area (Å²) >= 11 is 0. The van der Waals surface area contributed by atoms with Crippen LogP contribution < -0.4 is 9.47 Å². The van der Waals surface area contributed by atoms with Crippen LogP contribution in [0, 0.1) is 0 Å². The zero-order chi connectivity index (χ0) is 15.3. The molecule has 0 saturated carbocycles. The van der Waals surface area contributed by atoms with E-state index in [9.17, 15) is 9.59 Å². The molecule has 3 aliphatic heterocycles. The number of fused-ring (bicyclic) bond motifs is 1. The highest BCUT2D eigenvalue weighted by atomic mass is 16.7. The monoisotopic (exact) mass is 302 g/mol. The van der Waals surface area contributed by atoms with Crippen LogP contribution in [0.4, 0.5) is 0 Å². The SMILES string of the molecule is CN1C(=O)CCC1C(=O)N1CCC2(C1)Oc1ccccc1O2. The molecule has 2 fully saturated rings. The van der Waals surface area contributed by atoms with Crippen molar-refractivity contribution >= 4 is 11.8 Å². The predicted octanol–water partition coefficient (Wildman–Crippen LogP) is 1.01. The van der Waals surface area contributed by atoms with Gasteiger partial charge in [-0.05, 0) is 18.6 Å². The van der Waals surface area contributed by atoms with Crippen molar-refractivity contribution in [2.45, 2.75) is 31.1 Å². The Labute approximate surface area is 128 Å². The van der Waals surface area contributed by atoms with Gasteiger partial charge in [0.2, 0.25) is 11.8 Å². The van der Waals surface area contributed by atoms with E-state index in [1.807, 2.05) is 24.3 Å². The standard InChI is InChI=1S/C16H18N2O4/c1-17-11(6-7-14(17)19)15(20)18-9-8-16(10-18)21-12-4-2-3-5-13(12)22-16/h2-5,11H,6-10H2,1H3. The van der Waals surface area contributed by atoms with Crippen LogP contribution in [-0.2, 0) is 9.59 Å². The van der Waals surface area contributed by atoms with Gasteiger partial charge < -0.3 is 19.3 Å². The molecule has 0 radical (unpaired) electrons. The van der Waals surface area contributed by atoms with Crippen molar-refractivity contribution in [3.63, 3.8) is 0 Å². The number of carbonyl (C=O) groups is 2. The molecule has 3 heterocycles. The van der Waals surface area contributed by atoms with Crippen LogP contribution in [-0.4, -0.2) is 53.6 Å². The van der Waals surface area contributed by atoms with E-state index in [-0.39, 0.29) is 17.9 Å². The first-order valence-corrected chi connectivity index (χ1v) is 7.59. The van der Waals surface area contributed by atoms with Gasteiger partial charge in [-0.25, -0.2) is 0 Å². The molecule has 1 aromatic rings. The molecule has 6 heteroatoms. The average Bonchev–Trinajstić information content (AvgIpc) is 3.18. The number of para-hydroxylation sites is 2. The molecule has 1 aromatic carbocycles. The number of ether oxygens (including phenoxy) is 2. The second-order valence-corrected chi connectivity index (χ2v) is 6.13. The van der Waals surface area contributed by atoms with E-state index in [0.29, 0.717) is 32.4 Å². The maximum absolute atomic E-state index is 12.6. The third-order valence-electron chi connectivity index (χ3n) is 4.72. The summed E-state index contributed by atoms with van der Waals surface area (Å²) in [5, 5.41) is 0. The molecule has 0 aromatic heterocycles. The van der Waals surface area contributed by atoms with E-state index in [1.54, 1.807) is 16.8 Å². The largest absolute Gasteiger partial charge is 0.447 e. The van der Waals surface area contributed by atoms with E-state index in [2.05, 4.69) is 0 Å². The summed E-state index contributed by atoms with van der Waals surface area (Å²) in [6.07, 6.45) is 1.68. The van der Waals surface area contributed by atoms with Crippen molar-refractivity contribution in [1.82, 2.24) is 9.80 Å². The Bertz CT molecular complexity index is 620. The third kappa shape index (κ3) is 1.94. The van der Waals surface area contributed by atoms with Crippen molar-refractivity contribution < 1.29 is 19.1 Å². The summed E-state index contributed by atoms with van der Waals surface area (Å²) in [6, 6.07) is 7.21. The third-order valence-corrected chi connectivity index (χ3v) is 4.72. The number of hydrogen-bond donors (Lipinski definition) is 0. The van der Waals surface area contributed by atoms with Crippen molar-refractivity contribution in [3.05, 3.63) is 24.3 Å². The summed E-state index contributed by atoms with van der Waals surface area (Å²) in [7, 11) is 1.70. The van der Waals surface area contributed by atoms with Crippen molar-refractivity contribution in [1.29, 1.82) is 0 Å². The molecule has 2 amide bonds. The number of hydrogen-bond acceptors (Lipinski definition) is 4. The van der Waals surface area contributed by atoms with Gasteiger partial charge in [-0.15, -0.1) is 0 Å². The number of likely N-dealkylation sites (tertiary alicyclic amines) is 2. The quantitative estimate of drug-likeness (QED) is 0.777. The molecule has 1 atom stereocenters. The predicted molar refractivity (Wildman–Crippen MR) is 77.4 cm³/mol. The van der Waals surface area contributed by atoms with Gasteiger partial charge in [0.05, 0.1) is 6.54 Å². The number of carbonyl (C=O) groups excluding carboxylic acids is 2. The molecule has 0 aliphatic carbocycles.